The van der Waals surface area contributed by atoms with Crippen LogP contribution in [-0.4, -0.2) is 26.7 Å². The summed E-state index contributed by atoms with van der Waals surface area (Å²) >= 11 is 4.40. The molecule has 3 atom stereocenters. The maximum Gasteiger partial charge on any atom is 0.303 e. The molecule has 0 bridgehead atoms. The summed E-state index contributed by atoms with van der Waals surface area (Å²) < 4.78 is 0.556. The van der Waals surface area contributed by atoms with Crippen molar-refractivity contribution in [3.8, 4) is 0 Å². The largest absolute Gasteiger partial charge is 0.481 e. The lowest BCUT2D eigenvalue weighted by Crippen LogP contribution is -2.37. The minimum Gasteiger partial charge on any atom is -0.481 e. The first-order valence-corrected chi connectivity index (χ1v) is 9.14. The van der Waals surface area contributed by atoms with E-state index >= 15 is 0 Å². The highest BCUT2D eigenvalue weighted by Crippen LogP contribution is 2.58. The molecule has 0 amide bonds. The molecule has 18 heavy (non-hydrogen) atoms. The summed E-state index contributed by atoms with van der Waals surface area (Å²) in [5.41, 5.74) is 0. The second-order valence-electron chi connectivity index (χ2n) is 6.15. The van der Waals surface area contributed by atoms with Crippen LogP contribution in [0.2, 0.25) is 0 Å². The first kappa shape index (κ1) is 13.2. The van der Waals surface area contributed by atoms with Crippen molar-refractivity contribution in [2.24, 2.45) is 17.8 Å². The number of fused-ring (bicyclic) bond motifs is 1. The Morgan fingerprint density at radius 3 is 2.67 bits per heavy atom. The number of thioether (sulfide) groups is 2. The van der Waals surface area contributed by atoms with Crippen molar-refractivity contribution in [3.05, 3.63) is 0 Å². The quantitative estimate of drug-likeness (QED) is 0.836. The van der Waals surface area contributed by atoms with E-state index in [1.807, 2.05) is 0 Å². The predicted octanol–water partition coefficient (Wildman–Crippen LogP) is 3.85. The summed E-state index contributed by atoms with van der Waals surface area (Å²) in [7, 11) is 0. The molecule has 102 valence electrons. The molecular weight excluding hydrogens is 264 g/mol. The lowest BCUT2D eigenvalue weighted by Gasteiger charge is -2.45. The molecule has 3 aliphatic rings. The monoisotopic (exact) mass is 286 g/mol. The Morgan fingerprint density at radius 1 is 1.17 bits per heavy atom. The van der Waals surface area contributed by atoms with E-state index in [4.69, 9.17) is 5.11 Å². The van der Waals surface area contributed by atoms with Gasteiger partial charge in [0, 0.05) is 17.9 Å². The summed E-state index contributed by atoms with van der Waals surface area (Å²) in [6, 6.07) is 0. The van der Waals surface area contributed by atoms with E-state index in [9.17, 15) is 4.79 Å². The highest BCUT2D eigenvalue weighted by Gasteiger charge is 2.45. The van der Waals surface area contributed by atoms with Crippen LogP contribution in [-0.2, 0) is 4.79 Å². The minimum atomic E-state index is -0.604. The molecule has 3 unspecified atom stereocenters. The number of hydrogen-bond donors (Lipinski definition) is 1. The molecule has 1 saturated heterocycles. The lowest BCUT2D eigenvalue weighted by molar-refractivity contribution is -0.138. The lowest BCUT2D eigenvalue weighted by atomic mass is 9.66. The predicted molar refractivity (Wildman–Crippen MR) is 78.1 cm³/mol. The normalized spacial score (nSPS) is 38.6. The van der Waals surface area contributed by atoms with Crippen molar-refractivity contribution in [3.63, 3.8) is 0 Å². The molecule has 1 aliphatic heterocycles. The van der Waals surface area contributed by atoms with Crippen LogP contribution in [0, 0.1) is 17.8 Å². The Bertz CT molecular complexity index is 326. The molecule has 1 spiro atoms. The van der Waals surface area contributed by atoms with Gasteiger partial charge in [0.25, 0.3) is 0 Å². The molecule has 0 aromatic carbocycles. The number of carbonyl (C=O) groups is 1. The number of carboxylic acid groups (broad SMARTS) is 1. The van der Waals surface area contributed by atoms with Crippen molar-refractivity contribution in [2.75, 3.05) is 11.5 Å². The SMILES string of the molecule is O=C(O)CC1CCC2CC3(CCC2C1)SCCS3. The van der Waals surface area contributed by atoms with Gasteiger partial charge in [0.05, 0.1) is 4.08 Å². The summed E-state index contributed by atoms with van der Waals surface area (Å²) in [4.78, 5) is 10.8. The molecule has 0 radical (unpaired) electrons. The maximum atomic E-state index is 10.8. The molecule has 2 aliphatic carbocycles. The molecule has 2 saturated carbocycles. The molecule has 4 heteroatoms. The van der Waals surface area contributed by atoms with Gasteiger partial charge in [-0.3, -0.25) is 4.79 Å². The topological polar surface area (TPSA) is 37.3 Å². The van der Waals surface area contributed by atoms with E-state index in [-0.39, 0.29) is 0 Å². The van der Waals surface area contributed by atoms with Crippen LogP contribution >= 0.6 is 23.5 Å². The number of carboxylic acids is 1. The van der Waals surface area contributed by atoms with Crippen molar-refractivity contribution >= 4 is 29.5 Å². The van der Waals surface area contributed by atoms with Gasteiger partial charge in [-0.1, -0.05) is 0 Å². The Hall–Kier alpha value is 0.170. The third kappa shape index (κ3) is 2.69. The van der Waals surface area contributed by atoms with Crippen LogP contribution in [0.3, 0.4) is 0 Å². The number of aliphatic carboxylic acids is 1. The van der Waals surface area contributed by atoms with Gasteiger partial charge >= 0.3 is 5.97 Å². The van der Waals surface area contributed by atoms with E-state index < -0.39 is 5.97 Å². The van der Waals surface area contributed by atoms with Crippen LogP contribution in [0.15, 0.2) is 0 Å². The summed E-state index contributed by atoms with van der Waals surface area (Å²) in [6.45, 7) is 0. The van der Waals surface area contributed by atoms with Crippen molar-refractivity contribution < 1.29 is 9.90 Å². The Morgan fingerprint density at radius 2 is 1.94 bits per heavy atom. The molecule has 0 aromatic heterocycles. The van der Waals surface area contributed by atoms with Gasteiger partial charge < -0.3 is 5.11 Å². The van der Waals surface area contributed by atoms with Gasteiger partial charge in [-0.25, -0.2) is 0 Å². The fourth-order valence-electron chi connectivity index (χ4n) is 4.14. The van der Waals surface area contributed by atoms with Gasteiger partial charge in [0.2, 0.25) is 0 Å². The zero-order valence-corrected chi connectivity index (χ0v) is 12.4. The summed E-state index contributed by atoms with van der Waals surface area (Å²) in [5.74, 6) is 4.25. The number of hydrogen-bond acceptors (Lipinski definition) is 3. The molecule has 0 aromatic rings. The van der Waals surface area contributed by atoms with E-state index in [1.165, 1.54) is 43.6 Å². The van der Waals surface area contributed by atoms with Gasteiger partial charge in [0.1, 0.15) is 0 Å². The fourth-order valence-corrected chi connectivity index (χ4v) is 7.58. The molecule has 2 nitrogen and oxygen atoms in total. The summed E-state index contributed by atoms with van der Waals surface area (Å²) in [5, 5.41) is 8.92. The third-order valence-corrected chi connectivity index (χ3v) is 8.57. The van der Waals surface area contributed by atoms with Crippen molar-refractivity contribution in [1.82, 2.24) is 0 Å². The second-order valence-corrected chi connectivity index (χ2v) is 9.36. The van der Waals surface area contributed by atoms with Gasteiger partial charge in [0.15, 0.2) is 0 Å². The summed E-state index contributed by atoms with van der Waals surface area (Å²) in [6.07, 6.45) is 8.13. The maximum absolute atomic E-state index is 10.8. The molecule has 3 rings (SSSR count). The van der Waals surface area contributed by atoms with E-state index in [0.29, 0.717) is 16.4 Å². The smallest absolute Gasteiger partial charge is 0.303 e. The Balaban J connectivity index is 1.58. The average molecular weight is 286 g/mol. The zero-order chi connectivity index (χ0) is 12.6. The first-order valence-electron chi connectivity index (χ1n) is 7.17. The molecule has 1 heterocycles. The zero-order valence-electron chi connectivity index (χ0n) is 10.8. The molecule has 1 N–H and O–H groups in total. The van der Waals surface area contributed by atoms with Gasteiger partial charge in [-0.05, 0) is 56.3 Å². The van der Waals surface area contributed by atoms with Gasteiger partial charge in [-0.15, -0.1) is 23.5 Å². The van der Waals surface area contributed by atoms with Crippen LogP contribution < -0.4 is 0 Å². The van der Waals surface area contributed by atoms with E-state index in [0.717, 1.165) is 18.3 Å². The van der Waals surface area contributed by atoms with Crippen LogP contribution in [0.4, 0.5) is 0 Å². The third-order valence-electron chi connectivity index (χ3n) is 4.99. The Kier molecular flexibility index (Phi) is 3.86. The first-order chi connectivity index (χ1) is 8.67. The fraction of sp³-hybridized carbons (Fsp3) is 0.929. The van der Waals surface area contributed by atoms with Crippen molar-refractivity contribution in [2.45, 2.75) is 49.0 Å². The second kappa shape index (κ2) is 5.28. The van der Waals surface area contributed by atoms with E-state index in [1.54, 1.807) is 0 Å². The minimum absolute atomic E-state index is 0.401. The average Bonchev–Trinajstić information content (AvgIpc) is 2.77. The molecular formula is C14H22O2S2. The van der Waals surface area contributed by atoms with Crippen LogP contribution in [0.25, 0.3) is 0 Å². The highest BCUT2D eigenvalue weighted by molar-refractivity contribution is 8.21. The standard InChI is InChI=1S/C14H22O2S2/c15-13(16)8-10-1-2-12-9-14(17-5-6-18-14)4-3-11(12)7-10/h10-12H,1-9H2,(H,15,16). The van der Waals surface area contributed by atoms with Crippen LogP contribution in [0.5, 0.6) is 0 Å². The molecule has 3 fully saturated rings. The van der Waals surface area contributed by atoms with Gasteiger partial charge in [-0.2, -0.15) is 0 Å². The highest BCUT2D eigenvalue weighted by atomic mass is 32.2. The number of rotatable bonds is 2. The van der Waals surface area contributed by atoms with Crippen LogP contribution in [0.1, 0.15) is 44.9 Å². The van der Waals surface area contributed by atoms with Crippen molar-refractivity contribution in [1.29, 1.82) is 0 Å². The van der Waals surface area contributed by atoms with E-state index in [2.05, 4.69) is 23.5 Å². The Labute approximate surface area is 118 Å².